The third kappa shape index (κ3) is 5.52. The van der Waals surface area contributed by atoms with E-state index in [1.165, 1.54) is 0 Å². The van der Waals surface area contributed by atoms with Gasteiger partial charge in [0.2, 0.25) is 0 Å². The van der Waals surface area contributed by atoms with Crippen molar-refractivity contribution in [2.24, 2.45) is 0 Å². The van der Waals surface area contributed by atoms with Gasteiger partial charge < -0.3 is 4.90 Å². The highest BCUT2D eigenvalue weighted by Gasteiger charge is 2.15. The first-order valence-electron chi connectivity index (χ1n) is 24.0. The molecule has 0 amide bonds. The van der Waals surface area contributed by atoms with Gasteiger partial charge in [0.05, 0.1) is 23.3 Å². The van der Waals surface area contributed by atoms with Crippen molar-refractivity contribution in [1.82, 2.24) is 0 Å². The molecule has 1 nitrogen and oxygen atoms in total. The predicted molar refractivity (Wildman–Crippen MR) is 210 cm³/mol. The Morgan fingerprint density at radius 3 is 1.63 bits per heavy atom. The van der Waals surface area contributed by atoms with Gasteiger partial charge in [-0.15, -0.1) is 0 Å². The molecule has 0 aromatic heterocycles. The lowest BCUT2D eigenvalue weighted by atomic mass is 9.97. The van der Waals surface area contributed by atoms with Crippen molar-refractivity contribution in [3.05, 3.63) is 200 Å². The number of nitrogens with zero attached hydrogens (tertiary/aromatic N) is 1. The number of hydrogen-bond donors (Lipinski definition) is 0. The van der Waals surface area contributed by atoms with E-state index in [2.05, 4.69) is 0 Å². The number of rotatable bonds is 6. The molecule has 230 valence electrons. The van der Waals surface area contributed by atoms with E-state index in [-0.39, 0.29) is 16.7 Å². The van der Waals surface area contributed by atoms with Crippen LogP contribution in [0.4, 0.5) is 17.1 Å². The summed E-state index contributed by atoms with van der Waals surface area (Å²) in [6.07, 6.45) is 0. The van der Waals surface area contributed by atoms with Crippen LogP contribution >= 0.6 is 0 Å². The van der Waals surface area contributed by atoms with Crippen molar-refractivity contribution in [1.29, 1.82) is 0 Å². The van der Waals surface area contributed by atoms with E-state index in [0.717, 1.165) is 31.8 Å². The van der Waals surface area contributed by atoms with Gasteiger partial charge in [-0.2, -0.15) is 0 Å². The SMILES string of the molecule is [2H]c1c([2H])c([2H])c(-c2c([2H])c([2H])c(N(c3c([2H])c([2H])c(-c4ccc5c(ccc6ccccc65)c4)c([2H])c3[2H])c3c([2H])c([2H])c([2H])c(-c4ccc5ccccc5c4)c3[2H])c([2H])c2[2H])c([2H])c1[2H]. The standard InChI is InChI=1S/C48H33N/c1-2-9-34(10-3-1)36-21-26-44(27-22-36)49(46-15-8-14-40(33-46)42-19-17-35-11-4-5-13-39(35)31-42)45-28-23-37(24-29-45)41-25-30-48-43(32-41)20-18-38-12-6-7-16-47(38)48/h1-33H/i1D,2D,3D,8D,9D,10D,14D,15D,21D,22D,23D,24D,26D,27D,28D,29D,33D. The van der Waals surface area contributed by atoms with E-state index in [0.29, 0.717) is 10.9 Å². The van der Waals surface area contributed by atoms with E-state index in [4.69, 9.17) is 9.60 Å². The summed E-state index contributed by atoms with van der Waals surface area (Å²) < 4.78 is 154. The molecule has 0 unspecified atom stereocenters. The van der Waals surface area contributed by atoms with Gasteiger partial charge in [-0.1, -0.05) is 151 Å². The third-order valence-electron chi connectivity index (χ3n) is 8.33. The lowest BCUT2D eigenvalue weighted by Crippen LogP contribution is -2.10. The molecule has 0 aliphatic heterocycles. The zero-order chi connectivity index (χ0) is 47.4. The van der Waals surface area contributed by atoms with Crippen LogP contribution in [0.3, 0.4) is 0 Å². The molecule has 0 aliphatic carbocycles. The van der Waals surface area contributed by atoms with Gasteiger partial charge in [-0.05, 0) is 114 Å². The molecule has 0 saturated heterocycles. The number of anilines is 3. The van der Waals surface area contributed by atoms with Gasteiger partial charge in [0.1, 0.15) is 0 Å². The molecule has 0 bridgehead atoms. The van der Waals surface area contributed by atoms with Crippen LogP contribution in [0.25, 0.3) is 65.7 Å². The van der Waals surface area contributed by atoms with Crippen molar-refractivity contribution in [2.45, 2.75) is 0 Å². The van der Waals surface area contributed by atoms with Gasteiger partial charge in [-0.25, -0.2) is 0 Å². The fourth-order valence-electron chi connectivity index (χ4n) is 5.92. The first-order valence-corrected chi connectivity index (χ1v) is 15.5. The molecular formula is C48H33N. The summed E-state index contributed by atoms with van der Waals surface area (Å²) in [4.78, 5) is 0.718. The van der Waals surface area contributed by atoms with Crippen LogP contribution in [0.1, 0.15) is 23.3 Å². The lowest BCUT2D eigenvalue weighted by Gasteiger charge is -2.26. The summed E-state index contributed by atoms with van der Waals surface area (Å²) in [5.74, 6) is 0. The number of hydrogen-bond acceptors (Lipinski definition) is 1. The number of fused-ring (bicyclic) bond motifs is 4. The summed E-state index contributed by atoms with van der Waals surface area (Å²) in [7, 11) is 0. The minimum absolute atomic E-state index is 0.128. The van der Waals surface area contributed by atoms with E-state index < -0.39 is 131 Å². The predicted octanol–water partition coefficient (Wildman–Crippen LogP) is 13.6. The van der Waals surface area contributed by atoms with Crippen LogP contribution in [-0.2, 0) is 0 Å². The van der Waals surface area contributed by atoms with E-state index in [1.54, 1.807) is 42.5 Å². The van der Waals surface area contributed by atoms with Crippen molar-refractivity contribution in [3.63, 3.8) is 0 Å². The first-order chi connectivity index (χ1) is 31.4. The highest BCUT2D eigenvalue weighted by molar-refractivity contribution is 6.08. The molecular weight excluding hydrogens is 591 g/mol. The Hall–Kier alpha value is -6.44. The van der Waals surface area contributed by atoms with Gasteiger partial charge in [0, 0.05) is 17.1 Å². The molecule has 0 spiro atoms. The minimum atomic E-state index is -0.965. The Balaban J connectivity index is 1.37. The monoisotopic (exact) mass is 640 g/mol. The Morgan fingerprint density at radius 2 is 0.857 bits per heavy atom. The molecule has 0 radical (unpaired) electrons. The van der Waals surface area contributed by atoms with Crippen molar-refractivity contribution >= 4 is 49.4 Å². The Bertz CT molecular complexity index is 3500. The van der Waals surface area contributed by atoms with Gasteiger partial charge in [-0.3, -0.25) is 0 Å². The zero-order valence-electron chi connectivity index (χ0n) is 42.7. The second kappa shape index (κ2) is 12.3. The minimum Gasteiger partial charge on any atom is -0.310 e. The average molecular weight is 641 g/mol. The first kappa shape index (κ1) is 16.1. The fraction of sp³-hybridized carbons (Fsp3) is 0. The van der Waals surface area contributed by atoms with Crippen LogP contribution in [0, 0.1) is 0 Å². The largest absolute Gasteiger partial charge is 0.310 e. The fourth-order valence-corrected chi connectivity index (χ4v) is 5.92. The molecule has 9 aromatic rings. The van der Waals surface area contributed by atoms with Crippen molar-refractivity contribution in [3.8, 4) is 33.4 Å². The maximum atomic E-state index is 9.70. The maximum Gasteiger partial charge on any atom is 0.0651 e. The molecule has 0 heterocycles. The highest BCUT2D eigenvalue weighted by Crippen LogP contribution is 2.39. The van der Waals surface area contributed by atoms with E-state index in [9.17, 15) is 13.7 Å². The smallest absolute Gasteiger partial charge is 0.0651 e. The molecule has 0 atom stereocenters. The molecule has 9 rings (SSSR count). The van der Waals surface area contributed by atoms with Crippen LogP contribution in [0.5, 0.6) is 0 Å². The molecule has 0 aliphatic rings. The Labute approximate surface area is 310 Å². The quantitative estimate of drug-likeness (QED) is 0.163. The van der Waals surface area contributed by atoms with Crippen molar-refractivity contribution < 1.29 is 23.3 Å². The molecule has 1 heteroatoms. The maximum absolute atomic E-state index is 9.70. The second-order valence-electron chi connectivity index (χ2n) is 11.3. The topological polar surface area (TPSA) is 3.24 Å². The lowest BCUT2D eigenvalue weighted by molar-refractivity contribution is 1.28. The molecule has 49 heavy (non-hydrogen) atoms. The number of benzene rings is 9. The zero-order valence-corrected chi connectivity index (χ0v) is 25.7. The van der Waals surface area contributed by atoms with Gasteiger partial charge in [0.25, 0.3) is 0 Å². The average Bonchev–Trinajstić information content (AvgIpc) is 3.31. The highest BCUT2D eigenvalue weighted by atomic mass is 15.1. The van der Waals surface area contributed by atoms with Crippen LogP contribution in [-0.4, -0.2) is 0 Å². The summed E-state index contributed by atoms with van der Waals surface area (Å²) in [6, 6.07) is 15.7. The molecule has 0 N–H and O–H groups in total. The summed E-state index contributed by atoms with van der Waals surface area (Å²) in [5, 5.41) is 5.08. The van der Waals surface area contributed by atoms with Crippen molar-refractivity contribution in [2.75, 3.05) is 4.90 Å². The van der Waals surface area contributed by atoms with Gasteiger partial charge >= 0.3 is 0 Å². The van der Waals surface area contributed by atoms with Gasteiger partial charge in [0.15, 0.2) is 0 Å². The van der Waals surface area contributed by atoms with Crippen LogP contribution in [0.2, 0.25) is 0 Å². The van der Waals surface area contributed by atoms with E-state index in [1.807, 2.05) is 54.6 Å². The van der Waals surface area contributed by atoms with Crippen LogP contribution in [0.15, 0.2) is 200 Å². The Kier molecular flexibility index (Phi) is 4.04. The normalized spacial score (nSPS) is 16.1. The molecule has 9 aromatic carbocycles. The Morgan fingerprint density at radius 1 is 0.327 bits per heavy atom. The second-order valence-corrected chi connectivity index (χ2v) is 11.3. The molecule has 0 fully saturated rings. The summed E-state index contributed by atoms with van der Waals surface area (Å²) in [6.45, 7) is 0. The molecule has 0 saturated carbocycles. The third-order valence-corrected chi connectivity index (χ3v) is 8.33. The summed E-state index contributed by atoms with van der Waals surface area (Å²) >= 11 is 0. The summed E-state index contributed by atoms with van der Waals surface area (Å²) in [5.41, 5.74) is -3.23. The van der Waals surface area contributed by atoms with E-state index >= 15 is 0 Å². The van der Waals surface area contributed by atoms with Crippen LogP contribution < -0.4 is 4.90 Å².